The van der Waals surface area contributed by atoms with Crippen molar-refractivity contribution in [3.05, 3.63) is 120 Å². The number of unbranched alkanes of at least 4 members (excludes halogenated alkanes) is 1. The fourth-order valence-electron chi connectivity index (χ4n) is 5.21. The summed E-state index contributed by atoms with van der Waals surface area (Å²) in [5.41, 5.74) is 2.10. The van der Waals surface area contributed by atoms with E-state index in [4.69, 9.17) is 9.47 Å². The Bertz CT molecular complexity index is 1780. The van der Waals surface area contributed by atoms with Crippen molar-refractivity contribution in [3.63, 3.8) is 0 Å². The third-order valence-corrected chi connectivity index (χ3v) is 9.71. The van der Waals surface area contributed by atoms with Gasteiger partial charge in [0.2, 0.25) is 11.8 Å². The van der Waals surface area contributed by atoms with E-state index < -0.39 is 40.2 Å². The summed E-state index contributed by atoms with van der Waals surface area (Å²) in [4.78, 5) is 29.5. The van der Waals surface area contributed by atoms with E-state index >= 15 is 4.39 Å². The van der Waals surface area contributed by atoms with Crippen LogP contribution in [0.3, 0.4) is 0 Å². The molecule has 1 atom stereocenters. The van der Waals surface area contributed by atoms with Crippen LogP contribution < -0.4 is 19.1 Å². The Morgan fingerprint density at radius 2 is 1.54 bits per heavy atom. The first-order valence-electron chi connectivity index (χ1n) is 15.7. The number of methoxy groups -OCH3 is 2. The van der Waals surface area contributed by atoms with Gasteiger partial charge >= 0.3 is 0 Å². The molecule has 0 bridgehead atoms. The van der Waals surface area contributed by atoms with Gasteiger partial charge in [-0.1, -0.05) is 79.6 Å². The summed E-state index contributed by atoms with van der Waals surface area (Å²) >= 11 is 0. The highest BCUT2D eigenvalue weighted by atomic mass is 32.2. The largest absolute Gasteiger partial charge is 0.493 e. The van der Waals surface area contributed by atoms with Crippen molar-refractivity contribution in [2.45, 2.75) is 50.6 Å². The Kier molecular flexibility index (Phi) is 12.6. The fourth-order valence-corrected chi connectivity index (χ4v) is 6.64. The predicted molar refractivity (Wildman–Crippen MR) is 184 cm³/mol. The van der Waals surface area contributed by atoms with Crippen LogP contribution in [0.1, 0.15) is 36.5 Å². The number of nitrogens with zero attached hydrogens (tertiary/aromatic N) is 2. The molecule has 0 saturated carbocycles. The summed E-state index contributed by atoms with van der Waals surface area (Å²) < 4.78 is 55.4. The van der Waals surface area contributed by atoms with E-state index in [1.54, 1.807) is 42.5 Å². The third-order valence-electron chi connectivity index (χ3n) is 7.94. The normalized spacial score (nSPS) is 11.8. The number of sulfonamides is 1. The second-order valence-corrected chi connectivity index (χ2v) is 13.2. The van der Waals surface area contributed by atoms with Crippen molar-refractivity contribution >= 4 is 27.5 Å². The maximum atomic E-state index is 15.1. The molecule has 0 radical (unpaired) electrons. The van der Waals surface area contributed by atoms with Gasteiger partial charge in [-0.2, -0.15) is 0 Å². The SMILES string of the molecule is CCCCNC(=O)[C@@H](Cc1ccccc1)N(Cc1ccccc1F)C(=O)CN(c1ccc(C)cc1)S(=O)(=O)c1ccc(OC)c(OC)c1. The second-order valence-electron chi connectivity index (χ2n) is 11.3. The van der Waals surface area contributed by atoms with Crippen LogP contribution in [0.5, 0.6) is 11.5 Å². The number of aryl methyl sites for hydroxylation is 1. The Morgan fingerprint density at radius 3 is 2.19 bits per heavy atom. The molecule has 0 saturated heterocycles. The zero-order chi connectivity index (χ0) is 34.7. The van der Waals surface area contributed by atoms with Crippen LogP contribution in [0.2, 0.25) is 0 Å². The van der Waals surface area contributed by atoms with Crippen LogP contribution >= 0.6 is 0 Å². The maximum absolute atomic E-state index is 15.1. The molecule has 0 aliphatic carbocycles. The minimum atomic E-state index is -4.38. The molecule has 0 heterocycles. The van der Waals surface area contributed by atoms with Crippen molar-refractivity contribution in [3.8, 4) is 11.5 Å². The number of ether oxygens (including phenoxy) is 2. The van der Waals surface area contributed by atoms with E-state index in [1.807, 2.05) is 44.2 Å². The molecule has 4 aromatic carbocycles. The van der Waals surface area contributed by atoms with Crippen LogP contribution in [-0.4, -0.2) is 58.5 Å². The van der Waals surface area contributed by atoms with Crippen LogP contribution in [0, 0.1) is 12.7 Å². The van der Waals surface area contributed by atoms with Gasteiger partial charge in [0, 0.05) is 31.1 Å². The van der Waals surface area contributed by atoms with Gasteiger partial charge in [0.25, 0.3) is 10.0 Å². The van der Waals surface area contributed by atoms with Crippen molar-refractivity contribution in [2.75, 3.05) is 31.6 Å². The number of nitrogens with one attached hydrogen (secondary N) is 1. The number of benzene rings is 4. The minimum Gasteiger partial charge on any atom is -0.493 e. The molecular formula is C37H42FN3O6S. The second kappa shape index (κ2) is 16.8. The number of anilines is 1. The summed E-state index contributed by atoms with van der Waals surface area (Å²) in [7, 11) is -1.54. The number of halogens is 1. The lowest BCUT2D eigenvalue weighted by atomic mass is 10.0. The Morgan fingerprint density at radius 1 is 0.875 bits per heavy atom. The topological polar surface area (TPSA) is 105 Å². The van der Waals surface area contributed by atoms with Crippen molar-refractivity contribution in [2.24, 2.45) is 0 Å². The van der Waals surface area contributed by atoms with Crippen LogP contribution in [0.4, 0.5) is 10.1 Å². The number of rotatable bonds is 16. The van der Waals surface area contributed by atoms with Gasteiger partial charge < -0.3 is 19.7 Å². The van der Waals surface area contributed by atoms with Crippen molar-refractivity contribution in [1.82, 2.24) is 10.2 Å². The molecular weight excluding hydrogens is 633 g/mol. The average Bonchev–Trinajstić information content (AvgIpc) is 3.09. The zero-order valence-electron chi connectivity index (χ0n) is 27.7. The number of carbonyl (C=O) groups is 2. The average molecular weight is 676 g/mol. The summed E-state index contributed by atoms with van der Waals surface area (Å²) in [5.74, 6) is -1.12. The van der Waals surface area contributed by atoms with E-state index in [9.17, 15) is 18.0 Å². The number of carbonyl (C=O) groups excluding carboxylic acids is 2. The molecule has 1 N–H and O–H groups in total. The maximum Gasteiger partial charge on any atom is 0.264 e. The molecule has 9 nitrogen and oxygen atoms in total. The molecule has 0 fully saturated rings. The molecule has 0 aromatic heterocycles. The molecule has 4 rings (SSSR count). The van der Waals surface area contributed by atoms with Crippen molar-refractivity contribution < 1.29 is 31.9 Å². The van der Waals surface area contributed by atoms with Crippen LogP contribution in [0.25, 0.3) is 0 Å². The first kappa shape index (κ1) is 35.9. The van der Waals surface area contributed by atoms with E-state index in [1.165, 1.54) is 43.4 Å². The molecule has 11 heteroatoms. The summed E-state index contributed by atoms with van der Waals surface area (Å²) in [6.45, 7) is 3.33. The smallest absolute Gasteiger partial charge is 0.264 e. The van der Waals surface area contributed by atoms with Gasteiger partial charge in [-0.15, -0.1) is 0 Å². The lowest BCUT2D eigenvalue weighted by molar-refractivity contribution is -0.140. The Hall–Kier alpha value is -4.90. The fraction of sp³-hybridized carbons (Fsp3) is 0.297. The highest BCUT2D eigenvalue weighted by Gasteiger charge is 2.35. The van der Waals surface area contributed by atoms with Gasteiger partial charge in [0.15, 0.2) is 11.5 Å². The van der Waals surface area contributed by atoms with Crippen LogP contribution in [-0.2, 0) is 32.6 Å². The molecule has 0 unspecified atom stereocenters. The predicted octanol–water partition coefficient (Wildman–Crippen LogP) is 5.90. The van der Waals surface area contributed by atoms with Gasteiger partial charge in [0.1, 0.15) is 18.4 Å². The summed E-state index contributed by atoms with van der Waals surface area (Å²) in [6.07, 6.45) is 1.71. The van der Waals surface area contributed by atoms with E-state index in [2.05, 4.69) is 5.32 Å². The molecule has 0 aliphatic rings. The molecule has 2 amide bonds. The molecule has 0 aliphatic heterocycles. The Balaban J connectivity index is 1.82. The first-order valence-corrected chi connectivity index (χ1v) is 17.2. The monoisotopic (exact) mass is 675 g/mol. The zero-order valence-corrected chi connectivity index (χ0v) is 28.5. The molecule has 0 spiro atoms. The van der Waals surface area contributed by atoms with E-state index in [-0.39, 0.29) is 34.9 Å². The molecule has 254 valence electrons. The third kappa shape index (κ3) is 8.92. The van der Waals surface area contributed by atoms with Gasteiger partial charge in [-0.25, -0.2) is 12.8 Å². The minimum absolute atomic E-state index is 0.131. The van der Waals surface area contributed by atoms with Gasteiger partial charge in [-0.05, 0) is 49.2 Å². The quantitative estimate of drug-likeness (QED) is 0.148. The molecule has 4 aromatic rings. The number of hydrogen-bond donors (Lipinski definition) is 1. The lowest BCUT2D eigenvalue weighted by Crippen LogP contribution is -2.53. The highest BCUT2D eigenvalue weighted by Crippen LogP contribution is 2.32. The lowest BCUT2D eigenvalue weighted by Gasteiger charge is -2.34. The standard InChI is InChI=1S/C37H42FN3O6S/c1-5-6-22-39-37(43)33(23-28-12-8-7-9-13-28)40(25-29-14-10-11-15-32(29)38)36(42)26-41(30-18-16-27(2)17-19-30)48(44,45)31-20-21-34(46-3)35(24-31)47-4/h7-21,24,33H,5-6,22-23,25-26H2,1-4H3,(H,39,43)/t33-/m1/s1. The van der Waals surface area contributed by atoms with Crippen LogP contribution in [0.15, 0.2) is 102 Å². The van der Waals surface area contributed by atoms with Gasteiger partial charge in [-0.3, -0.25) is 13.9 Å². The van der Waals surface area contributed by atoms with Crippen molar-refractivity contribution in [1.29, 1.82) is 0 Å². The highest BCUT2D eigenvalue weighted by molar-refractivity contribution is 7.92. The van der Waals surface area contributed by atoms with E-state index in [0.29, 0.717) is 12.3 Å². The molecule has 48 heavy (non-hydrogen) atoms. The van der Waals surface area contributed by atoms with Gasteiger partial charge in [0.05, 0.1) is 24.8 Å². The number of hydrogen-bond acceptors (Lipinski definition) is 6. The van der Waals surface area contributed by atoms with E-state index in [0.717, 1.165) is 28.3 Å². The summed E-state index contributed by atoms with van der Waals surface area (Å²) in [6, 6.07) is 25.0. The summed E-state index contributed by atoms with van der Waals surface area (Å²) in [5, 5.41) is 2.93. The Labute approximate surface area is 282 Å². The number of amides is 2. The first-order chi connectivity index (χ1) is 23.1.